The summed E-state index contributed by atoms with van der Waals surface area (Å²) in [5, 5.41) is 3.16. The number of fused-ring (bicyclic) bond motifs is 1. The lowest BCUT2D eigenvalue weighted by molar-refractivity contribution is 0.0958. The van der Waals surface area contributed by atoms with Crippen LogP contribution in [0.3, 0.4) is 0 Å². The van der Waals surface area contributed by atoms with Gasteiger partial charge in [-0.25, -0.2) is 9.97 Å². The first kappa shape index (κ1) is 13.7. The van der Waals surface area contributed by atoms with E-state index in [-0.39, 0.29) is 11.7 Å². The molecule has 1 aliphatic carbocycles. The molecule has 0 saturated heterocycles. The molecule has 0 bridgehead atoms. The average molecular weight is 305 g/mol. The number of hydrogen-bond donors (Lipinski definition) is 1. The second-order valence-electron chi connectivity index (χ2n) is 5.59. The van der Waals surface area contributed by atoms with E-state index in [1.807, 2.05) is 42.5 Å². The fourth-order valence-corrected chi connectivity index (χ4v) is 2.88. The molecule has 0 aliphatic heterocycles. The van der Waals surface area contributed by atoms with Crippen molar-refractivity contribution in [1.82, 2.24) is 9.97 Å². The number of rotatable bonds is 3. The Morgan fingerprint density at radius 2 is 1.96 bits per heavy atom. The highest BCUT2D eigenvalue weighted by atomic mass is 16.3. The summed E-state index contributed by atoms with van der Waals surface area (Å²) in [4.78, 5) is 21.1. The number of furan rings is 1. The van der Waals surface area contributed by atoms with Crippen molar-refractivity contribution < 1.29 is 9.21 Å². The average Bonchev–Trinajstić information content (AvgIpc) is 3.10. The van der Waals surface area contributed by atoms with Crippen molar-refractivity contribution in [3.8, 4) is 0 Å². The Morgan fingerprint density at radius 1 is 1.09 bits per heavy atom. The van der Waals surface area contributed by atoms with Crippen LogP contribution >= 0.6 is 0 Å². The van der Waals surface area contributed by atoms with Crippen LogP contribution in [0, 0.1) is 0 Å². The molecule has 2 aromatic heterocycles. The fourth-order valence-electron chi connectivity index (χ4n) is 2.88. The van der Waals surface area contributed by atoms with Crippen LogP contribution in [0.15, 0.2) is 59.3 Å². The molecule has 3 aromatic rings. The van der Waals surface area contributed by atoms with Gasteiger partial charge in [0.25, 0.3) is 0 Å². The van der Waals surface area contributed by atoms with Crippen molar-refractivity contribution in [2.75, 3.05) is 5.32 Å². The zero-order valence-electron chi connectivity index (χ0n) is 12.4. The first-order valence-electron chi connectivity index (χ1n) is 7.54. The Morgan fingerprint density at radius 3 is 2.74 bits per heavy atom. The van der Waals surface area contributed by atoms with Gasteiger partial charge >= 0.3 is 0 Å². The third kappa shape index (κ3) is 2.73. The largest absolute Gasteiger partial charge is 0.469 e. The predicted molar refractivity (Wildman–Crippen MR) is 85.9 cm³/mol. The summed E-state index contributed by atoms with van der Waals surface area (Å²) >= 11 is 0. The Labute approximate surface area is 133 Å². The molecule has 0 radical (unpaired) electrons. The van der Waals surface area contributed by atoms with Crippen LogP contribution in [-0.2, 0) is 6.42 Å². The molecule has 114 valence electrons. The van der Waals surface area contributed by atoms with E-state index in [0.29, 0.717) is 24.4 Å². The lowest BCUT2D eigenvalue weighted by atomic mass is 9.85. The smallest absolute Gasteiger partial charge is 0.227 e. The zero-order valence-corrected chi connectivity index (χ0v) is 12.4. The van der Waals surface area contributed by atoms with Gasteiger partial charge in [-0.15, -0.1) is 0 Å². The summed E-state index contributed by atoms with van der Waals surface area (Å²) < 4.78 is 5.45. The molecule has 0 fully saturated rings. The van der Waals surface area contributed by atoms with Gasteiger partial charge in [-0.05, 0) is 24.3 Å². The Hall–Kier alpha value is -2.95. The molecule has 0 saturated carbocycles. The molecule has 1 unspecified atom stereocenters. The van der Waals surface area contributed by atoms with Crippen molar-refractivity contribution >= 4 is 17.4 Å². The second kappa shape index (κ2) is 5.68. The molecular weight excluding hydrogens is 290 g/mol. The van der Waals surface area contributed by atoms with Crippen LogP contribution in [0.25, 0.3) is 0 Å². The van der Waals surface area contributed by atoms with E-state index >= 15 is 0 Å². The summed E-state index contributed by atoms with van der Waals surface area (Å²) in [6, 6.07) is 13.5. The molecule has 0 spiro atoms. The number of aromatic nitrogens is 2. The SMILES string of the molecule is O=C1CC(c2ccco2)Cc2nc(Nc3ccccc3)ncc21. The van der Waals surface area contributed by atoms with Crippen LogP contribution in [0.1, 0.15) is 34.2 Å². The quantitative estimate of drug-likeness (QED) is 0.798. The number of carbonyl (C=O) groups excluding carboxylic acids is 1. The maximum absolute atomic E-state index is 12.3. The molecule has 1 atom stereocenters. The minimum absolute atomic E-state index is 0.0458. The van der Waals surface area contributed by atoms with Gasteiger partial charge in [0, 0.05) is 30.6 Å². The molecule has 4 rings (SSSR count). The van der Waals surface area contributed by atoms with Crippen LogP contribution in [0.2, 0.25) is 0 Å². The summed E-state index contributed by atoms with van der Waals surface area (Å²) in [7, 11) is 0. The number of carbonyl (C=O) groups is 1. The molecule has 2 heterocycles. The number of Topliss-reactive ketones (excluding diaryl/α,β-unsaturated/α-hetero) is 1. The molecule has 5 heteroatoms. The number of nitrogens with zero attached hydrogens (tertiary/aromatic N) is 2. The minimum atomic E-state index is 0.0458. The highest BCUT2D eigenvalue weighted by Gasteiger charge is 2.29. The van der Waals surface area contributed by atoms with Gasteiger partial charge < -0.3 is 9.73 Å². The molecule has 1 N–H and O–H groups in total. The Kier molecular flexibility index (Phi) is 3.38. The minimum Gasteiger partial charge on any atom is -0.469 e. The van der Waals surface area contributed by atoms with Gasteiger partial charge in [0.2, 0.25) is 5.95 Å². The van der Waals surface area contributed by atoms with Crippen molar-refractivity contribution in [1.29, 1.82) is 0 Å². The first-order valence-corrected chi connectivity index (χ1v) is 7.54. The Balaban J connectivity index is 1.63. The Bertz CT molecular complexity index is 829. The number of ketones is 1. The number of nitrogens with one attached hydrogen (secondary N) is 1. The summed E-state index contributed by atoms with van der Waals surface area (Å²) in [5.74, 6) is 1.45. The van der Waals surface area contributed by atoms with Crippen molar-refractivity contribution in [2.24, 2.45) is 0 Å². The maximum atomic E-state index is 12.3. The van der Waals surface area contributed by atoms with Crippen LogP contribution in [0.4, 0.5) is 11.6 Å². The van der Waals surface area contributed by atoms with Gasteiger partial charge in [-0.2, -0.15) is 0 Å². The molecular formula is C18H15N3O2. The van der Waals surface area contributed by atoms with Gasteiger partial charge in [0.1, 0.15) is 5.76 Å². The summed E-state index contributed by atoms with van der Waals surface area (Å²) in [6.45, 7) is 0. The monoisotopic (exact) mass is 305 g/mol. The van der Waals surface area contributed by atoms with E-state index in [2.05, 4.69) is 15.3 Å². The normalized spacial score (nSPS) is 16.9. The fraction of sp³-hybridized carbons (Fsp3) is 0.167. The lowest BCUT2D eigenvalue weighted by Crippen LogP contribution is -2.20. The molecule has 1 aliphatic rings. The topological polar surface area (TPSA) is 68.0 Å². The highest BCUT2D eigenvalue weighted by molar-refractivity contribution is 5.98. The van der Waals surface area contributed by atoms with Crippen LogP contribution < -0.4 is 5.32 Å². The van der Waals surface area contributed by atoms with Crippen LogP contribution in [0.5, 0.6) is 0 Å². The second-order valence-corrected chi connectivity index (χ2v) is 5.59. The predicted octanol–water partition coefficient (Wildman–Crippen LogP) is 3.73. The van der Waals surface area contributed by atoms with Crippen LogP contribution in [-0.4, -0.2) is 15.8 Å². The standard InChI is InChI=1S/C18H15N3O2/c22-16-10-12(17-7-4-8-23-17)9-15-14(16)11-19-18(21-15)20-13-5-2-1-3-6-13/h1-8,11-12H,9-10H2,(H,19,20,21). The molecule has 1 aromatic carbocycles. The first-order chi connectivity index (χ1) is 11.3. The number of benzene rings is 1. The van der Waals surface area contributed by atoms with E-state index < -0.39 is 0 Å². The number of para-hydroxylation sites is 1. The number of hydrogen-bond acceptors (Lipinski definition) is 5. The molecule has 5 nitrogen and oxygen atoms in total. The van der Waals surface area contributed by atoms with Crippen molar-refractivity contribution in [3.63, 3.8) is 0 Å². The van der Waals surface area contributed by atoms with Gasteiger partial charge in [0.05, 0.1) is 17.5 Å². The summed E-state index contributed by atoms with van der Waals surface area (Å²) in [5.41, 5.74) is 2.31. The zero-order chi connectivity index (χ0) is 15.6. The lowest BCUT2D eigenvalue weighted by Gasteiger charge is -2.21. The van der Waals surface area contributed by atoms with E-state index in [0.717, 1.165) is 17.1 Å². The van der Waals surface area contributed by atoms with Gasteiger partial charge in [-0.3, -0.25) is 4.79 Å². The van der Waals surface area contributed by atoms with E-state index in [1.165, 1.54) is 0 Å². The van der Waals surface area contributed by atoms with E-state index in [1.54, 1.807) is 12.5 Å². The van der Waals surface area contributed by atoms with Gasteiger partial charge in [0.15, 0.2) is 5.78 Å². The summed E-state index contributed by atoms with van der Waals surface area (Å²) in [6.07, 6.45) is 4.38. The molecule has 23 heavy (non-hydrogen) atoms. The van der Waals surface area contributed by atoms with Crippen molar-refractivity contribution in [3.05, 3.63) is 71.9 Å². The number of anilines is 2. The molecule has 0 amide bonds. The maximum Gasteiger partial charge on any atom is 0.227 e. The van der Waals surface area contributed by atoms with E-state index in [9.17, 15) is 4.79 Å². The third-order valence-corrected chi connectivity index (χ3v) is 4.02. The van der Waals surface area contributed by atoms with Crippen molar-refractivity contribution in [2.45, 2.75) is 18.8 Å². The van der Waals surface area contributed by atoms with E-state index in [4.69, 9.17) is 4.42 Å². The third-order valence-electron chi connectivity index (χ3n) is 4.02. The van der Waals surface area contributed by atoms with Gasteiger partial charge in [-0.1, -0.05) is 18.2 Å². The highest BCUT2D eigenvalue weighted by Crippen LogP contribution is 2.32.